The van der Waals surface area contributed by atoms with E-state index in [1.165, 1.54) is 18.4 Å². The fourth-order valence-corrected chi connectivity index (χ4v) is 3.04. The first-order chi connectivity index (χ1) is 10.2. The van der Waals surface area contributed by atoms with Gasteiger partial charge in [0.25, 0.3) is 0 Å². The van der Waals surface area contributed by atoms with Crippen molar-refractivity contribution in [3.05, 3.63) is 35.4 Å². The van der Waals surface area contributed by atoms with Gasteiger partial charge in [0.05, 0.1) is 6.42 Å². The van der Waals surface area contributed by atoms with Crippen LogP contribution >= 0.6 is 0 Å². The first-order valence-electron chi connectivity index (χ1n) is 8.01. The van der Waals surface area contributed by atoms with Crippen LogP contribution in [0.2, 0.25) is 0 Å². The highest BCUT2D eigenvalue weighted by atomic mass is 16.5. The number of hydrogen-bond donors (Lipinski definition) is 0. The third-order valence-corrected chi connectivity index (χ3v) is 4.31. The molecule has 0 N–H and O–H groups in total. The van der Waals surface area contributed by atoms with Crippen LogP contribution in [0.1, 0.15) is 36.8 Å². The van der Waals surface area contributed by atoms with Crippen LogP contribution in [0, 0.1) is 12.8 Å². The van der Waals surface area contributed by atoms with E-state index in [2.05, 4.69) is 36.1 Å². The van der Waals surface area contributed by atoms with Gasteiger partial charge < -0.3 is 9.64 Å². The molecule has 1 amide bonds. The van der Waals surface area contributed by atoms with E-state index in [4.69, 9.17) is 4.74 Å². The smallest absolute Gasteiger partial charge is 0.226 e. The number of piperidine rings is 1. The molecule has 0 bridgehead atoms. The Bertz CT molecular complexity index is 441. The number of likely N-dealkylation sites (tertiary alicyclic amines) is 1. The minimum Gasteiger partial charge on any atom is -0.385 e. The highest BCUT2D eigenvalue weighted by Crippen LogP contribution is 2.21. The fourth-order valence-electron chi connectivity index (χ4n) is 3.04. The van der Waals surface area contributed by atoms with Gasteiger partial charge >= 0.3 is 0 Å². The minimum absolute atomic E-state index is 0.273. The molecule has 1 aromatic carbocycles. The van der Waals surface area contributed by atoms with Gasteiger partial charge in [-0.3, -0.25) is 4.79 Å². The number of amides is 1. The molecule has 0 radical (unpaired) electrons. The topological polar surface area (TPSA) is 29.5 Å². The minimum atomic E-state index is 0.273. The molecule has 1 aromatic rings. The third-order valence-electron chi connectivity index (χ3n) is 4.31. The number of rotatable bonds is 6. The second-order valence-corrected chi connectivity index (χ2v) is 6.15. The van der Waals surface area contributed by atoms with E-state index in [1.807, 2.05) is 0 Å². The molecule has 3 nitrogen and oxygen atoms in total. The van der Waals surface area contributed by atoms with Crippen molar-refractivity contribution in [3.63, 3.8) is 0 Å². The average molecular weight is 289 g/mol. The van der Waals surface area contributed by atoms with E-state index >= 15 is 0 Å². The average Bonchev–Trinajstić information content (AvgIpc) is 2.50. The lowest BCUT2D eigenvalue weighted by Gasteiger charge is -2.33. The van der Waals surface area contributed by atoms with Gasteiger partial charge in [0.2, 0.25) is 5.91 Å². The Hall–Kier alpha value is -1.35. The van der Waals surface area contributed by atoms with Gasteiger partial charge in [-0.05, 0) is 44.1 Å². The summed E-state index contributed by atoms with van der Waals surface area (Å²) in [4.78, 5) is 14.5. The van der Waals surface area contributed by atoms with Crippen molar-refractivity contribution < 1.29 is 9.53 Å². The van der Waals surface area contributed by atoms with Gasteiger partial charge in [0.1, 0.15) is 0 Å². The zero-order valence-electron chi connectivity index (χ0n) is 13.3. The predicted octanol–water partition coefficient (Wildman–Crippen LogP) is 3.20. The van der Waals surface area contributed by atoms with Gasteiger partial charge in [-0.2, -0.15) is 0 Å². The lowest BCUT2D eigenvalue weighted by Crippen LogP contribution is -2.40. The van der Waals surface area contributed by atoms with Crippen LogP contribution in [0.15, 0.2) is 24.3 Å². The summed E-state index contributed by atoms with van der Waals surface area (Å²) in [5, 5.41) is 0. The molecule has 0 unspecified atom stereocenters. The Balaban J connectivity index is 1.82. The first-order valence-corrected chi connectivity index (χ1v) is 8.01. The second-order valence-electron chi connectivity index (χ2n) is 6.15. The van der Waals surface area contributed by atoms with Crippen molar-refractivity contribution >= 4 is 5.91 Å². The van der Waals surface area contributed by atoms with E-state index in [0.717, 1.165) is 38.1 Å². The summed E-state index contributed by atoms with van der Waals surface area (Å²) in [7, 11) is 1.75. The van der Waals surface area contributed by atoms with E-state index in [-0.39, 0.29) is 5.91 Å². The summed E-state index contributed by atoms with van der Waals surface area (Å²) in [5.74, 6) is 0.922. The van der Waals surface area contributed by atoms with E-state index in [0.29, 0.717) is 12.3 Å². The highest BCUT2D eigenvalue weighted by molar-refractivity contribution is 5.78. The van der Waals surface area contributed by atoms with Gasteiger partial charge in [-0.25, -0.2) is 0 Å². The summed E-state index contributed by atoms with van der Waals surface area (Å²) in [6, 6.07) is 8.28. The van der Waals surface area contributed by atoms with Gasteiger partial charge in [-0.15, -0.1) is 0 Å². The monoisotopic (exact) mass is 289 g/mol. The quantitative estimate of drug-likeness (QED) is 0.753. The van der Waals surface area contributed by atoms with Crippen LogP contribution in [0.3, 0.4) is 0 Å². The van der Waals surface area contributed by atoms with Gasteiger partial charge in [0.15, 0.2) is 0 Å². The number of methoxy groups -OCH3 is 1. The number of aryl methyl sites for hydroxylation is 1. The zero-order valence-corrected chi connectivity index (χ0v) is 13.3. The number of hydrogen-bond acceptors (Lipinski definition) is 2. The molecule has 2 rings (SSSR count). The van der Waals surface area contributed by atoms with Crippen LogP contribution in [-0.4, -0.2) is 37.6 Å². The zero-order chi connectivity index (χ0) is 15.1. The summed E-state index contributed by atoms with van der Waals surface area (Å²) in [6.45, 7) is 4.74. The van der Waals surface area contributed by atoms with Gasteiger partial charge in [0, 0.05) is 26.8 Å². The molecule has 1 atom stereocenters. The second kappa shape index (κ2) is 8.18. The van der Waals surface area contributed by atoms with Crippen LogP contribution in [0.25, 0.3) is 0 Å². The molecular formula is C18H27NO2. The van der Waals surface area contributed by atoms with Crippen molar-refractivity contribution in [1.29, 1.82) is 0 Å². The van der Waals surface area contributed by atoms with E-state index < -0.39 is 0 Å². The molecular weight excluding hydrogens is 262 g/mol. The predicted molar refractivity (Wildman–Crippen MR) is 85.3 cm³/mol. The fraction of sp³-hybridized carbons (Fsp3) is 0.611. The number of ether oxygens (including phenoxy) is 1. The standard InChI is InChI=1S/C18H27NO2/c1-15-7-9-16(10-8-15)13-18(20)19-11-3-5-17(14-19)6-4-12-21-2/h7-10,17H,3-6,11-14H2,1-2H3/t17-/m0/s1. The van der Waals surface area contributed by atoms with Crippen LogP contribution in [0.5, 0.6) is 0 Å². The van der Waals surface area contributed by atoms with E-state index in [9.17, 15) is 4.79 Å². The first kappa shape index (κ1) is 16.0. The molecule has 0 aromatic heterocycles. The maximum atomic E-state index is 12.4. The van der Waals surface area contributed by atoms with Crippen molar-refractivity contribution in [3.8, 4) is 0 Å². The maximum Gasteiger partial charge on any atom is 0.226 e. The molecule has 1 heterocycles. The van der Waals surface area contributed by atoms with Crippen molar-refractivity contribution in [2.75, 3.05) is 26.8 Å². The van der Waals surface area contributed by atoms with Crippen LogP contribution in [-0.2, 0) is 16.0 Å². The van der Waals surface area contributed by atoms with Crippen molar-refractivity contribution in [2.24, 2.45) is 5.92 Å². The molecule has 1 aliphatic rings. The number of carbonyl (C=O) groups is 1. The SMILES string of the molecule is COCCC[C@@H]1CCCN(C(=O)Cc2ccc(C)cc2)C1. The highest BCUT2D eigenvalue weighted by Gasteiger charge is 2.23. The van der Waals surface area contributed by atoms with Crippen LogP contribution in [0.4, 0.5) is 0 Å². The Morgan fingerprint density at radius 1 is 1.33 bits per heavy atom. The summed E-state index contributed by atoms with van der Waals surface area (Å²) >= 11 is 0. The van der Waals surface area contributed by atoms with Crippen LogP contribution < -0.4 is 0 Å². The molecule has 0 aliphatic carbocycles. The van der Waals surface area contributed by atoms with Gasteiger partial charge in [-0.1, -0.05) is 29.8 Å². The lowest BCUT2D eigenvalue weighted by atomic mass is 9.93. The van der Waals surface area contributed by atoms with E-state index in [1.54, 1.807) is 7.11 Å². The Morgan fingerprint density at radius 3 is 2.81 bits per heavy atom. The molecule has 1 aliphatic heterocycles. The Labute approximate surface area is 128 Å². The molecule has 3 heteroatoms. The Morgan fingerprint density at radius 2 is 2.10 bits per heavy atom. The number of carbonyl (C=O) groups excluding carboxylic acids is 1. The molecule has 21 heavy (non-hydrogen) atoms. The van der Waals surface area contributed by atoms with Crippen molar-refractivity contribution in [1.82, 2.24) is 4.90 Å². The Kier molecular flexibility index (Phi) is 6.24. The van der Waals surface area contributed by atoms with Crippen molar-refractivity contribution in [2.45, 2.75) is 39.0 Å². The molecule has 1 fully saturated rings. The lowest BCUT2D eigenvalue weighted by molar-refractivity contribution is -0.132. The summed E-state index contributed by atoms with van der Waals surface area (Å²) < 4.78 is 5.12. The summed E-state index contributed by atoms with van der Waals surface area (Å²) in [5.41, 5.74) is 2.36. The molecule has 116 valence electrons. The normalized spacial score (nSPS) is 18.8. The number of benzene rings is 1. The number of nitrogens with zero attached hydrogens (tertiary/aromatic N) is 1. The molecule has 1 saturated heterocycles. The largest absolute Gasteiger partial charge is 0.385 e. The molecule has 0 spiro atoms. The summed E-state index contributed by atoms with van der Waals surface area (Å²) in [6.07, 6.45) is 5.18. The molecule has 0 saturated carbocycles. The maximum absolute atomic E-state index is 12.4. The third kappa shape index (κ3) is 5.16.